The Hall–Kier alpha value is -3.76. The van der Waals surface area contributed by atoms with Gasteiger partial charge in [0.25, 0.3) is 11.1 Å². The Labute approximate surface area is 193 Å². The summed E-state index contributed by atoms with van der Waals surface area (Å²) >= 11 is 12.6. The zero-order valence-electron chi connectivity index (χ0n) is 16.4. The van der Waals surface area contributed by atoms with Crippen LogP contribution in [0.15, 0.2) is 69.1 Å². The molecule has 0 saturated carbocycles. The summed E-state index contributed by atoms with van der Waals surface area (Å²) in [6.45, 7) is -1.18. The van der Waals surface area contributed by atoms with Crippen LogP contribution in [-0.2, 0) is 6.67 Å². The van der Waals surface area contributed by atoms with Crippen LogP contribution in [0.5, 0.6) is 11.5 Å². The first-order valence-electron chi connectivity index (χ1n) is 9.21. The molecule has 0 unspecified atom stereocenters. The highest BCUT2D eigenvalue weighted by molar-refractivity contribution is 6.37. The van der Waals surface area contributed by atoms with Crippen molar-refractivity contribution in [2.45, 2.75) is 6.67 Å². The van der Waals surface area contributed by atoms with E-state index in [-0.39, 0.29) is 32.9 Å². The molecule has 2 aromatic carbocycles. The lowest BCUT2D eigenvalue weighted by Crippen LogP contribution is -2.33. The molecule has 0 spiro atoms. The lowest BCUT2D eigenvalue weighted by atomic mass is 10.3. The number of ether oxygens (including phenoxy) is 1. The number of pyridine rings is 1. The maximum absolute atomic E-state index is 13.6. The van der Waals surface area contributed by atoms with Crippen LogP contribution in [0, 0.1) is 5.82 Å². The monoisotopic (exact) mass is 492 g/mol. The number of hydrogen-bond acceptors (Lipinski definition) is 5. The Kier molecular flexibility index (Phi) is 6.12. The summed E-state index contributed by atoms with van der Waals surface area (Å²) < 4.78 is 34.2. The van der Waals surface area contributed by atoms with Gasteiger partial charge in [-0.05, 0) is 36.4 Å². The number of nitrogens with zero attached hydrogens (tertiary/aromatic N) is 3. The highest BCUT2D eigenvalue weighted by Crippen LogP contribution is 2.38. The van der Waals surface area contributed by atoms with Gasteiger partial charge >= 0.3 is 5.69 Å². The van der Waals surface area contributed by atoms with Crippen molar-refractivity contribution in [2.24, 2.45) is 0 Å². The molecule has 0 saturated heterocycles. The number of aromatic amines is 1. The molecule has 2 aromatic heterocycles. The number of nitrogens with one attached hydrogen (secondary N) is 1. The smallest absolute Gasteiger partial charge is 0.349 e. The molecule has 0 aliphatic rings. The number of H-pyrrole nitrogens is 1. The maximum Gasteiger partial charge on any atom is 0.349 e. The zero-order chi connectivity index (χ0) is 23.7. The fourth-order valence-electron chi connectivity index (χ4n) is 2.94. The van der Waals surface area contributed by atoms with Crippen molar-refractivity contribution in [3.8, 4) is 22.9 Å². The average Bonchev–Trinajstić information content (AvgIpc) is 2.77. The highest BCUT2D eigenvalue weighted by Gasteiger charge is 2.16. The zero-order valence-corrected chi connectivity index (χ0v) is 17.9. The molecule has 8 nitrogen and oxygen atoms in total. The van der Waals surface area contributed by atoms with Crippen LogP contribution in [0.4, 0.5) is 8.78 Å². The van der Waals surface area contributed by atoms with Gasteiger partial charge in [0, 0.05) is 6.07 Å². The minimum Gasteiger partial charge on any atom is -0.453 e. The standard InChI is InChI=1S/C21H12Cl2F2N4O4/c22-15-7-13(29-21(32)26-20(31)17(9-24)27-29)8-16(23)19(15)33-14-4-5-18(30)28(10-14)12-3-1-2-11(25)6-12/h1-8,10H,9H2,(H,26,31,32). The average molecular weight is 493 g/mol. The summed E-state index contributed by atoms with van der Waals surface area (Å²) in [4.78, 5) is 37.8. The van der Waals surface area contributed by atoms with Crippen LogP contribution >= 0.6 is 23.2 Å². The first-order chi connectivity index (χ1) is 15.8. The third-order valence-corrected chi connectivity index (χ3v) is 5.00. The van der Waals surface area contributed by atoms with Gasteiger partial charge in [0.2, 0.25) is 0 Å². The molecule has 0 bridgehead atoms. The minimum absolute atomic E-state index is 0.00490. The van der Waals surface area contributed by atoms with Crippen molar-refractivity contribution in [1.82, 2.24) is 19.3 Å². The number of hydrogen-bond donors (Lipinski definition) is 1. The molecular weight excluding hydrogens is 481 g/mol. The van der Waals surface area contributed by atoms with Crippen LogP contribution in [-0.4, -0.2) is 19.3 Å². The fourth-order valence-corrected chi connectivity index (χ4v) is 3.49. The second-order valence-corrected chi connectivity index (χ2v) is 7.46. The fraction of sp³-hybridized carbons (Fsp3) is 0.0476. The normalized spacial score (nSPS) is 10.9. The van der Waals surface area contributed by atoms with Crippen LogP contribution < -0.4 is 21.5 Å². The van der Waals surface area contributed by atoms with Crippen molar-refractivity contribution in [3.63, 3.8) is 0 Å². The van der Waals surface area contributed by atoms with E-state index in [1.165, 1.54) is 53.2 Å². The van der Waals surface area contributed by atoms with Crippen LogP contribution in [0.1, 0.15) is 5.69 Å². The van der Waals surface area contributed by atoms with E-state index in [1.54, 1.807) is 6.07 Å². The predicted molar refractivity (Wildman–Crippen MR) is 117 cm³/mol. The molecular formula is C21H12Cl2F2N4O4. The summed E-state index contributed by atoms with van der Waals surface area (Å²) in [6.07, 6.45) is 1.33. The maximum atomic E-state index is 13.6. The third kappa shape index (κ3) is 4.57. The van der Waals surface area contributed by atoms with Crippen LogP contribution in [0.25, 0.3) is 11.4 Å². The molecule has 4 rings (SSSR count). The number of rotatable bonds is 5. The molecule has 2 heterocycles. The summed E-state index contributed by atoms with van der Waals surface area (Å²) in [6, 6.07) is 10.6. The van der Waals surface area contributed by atoms with Crippen molar-refractivity contribution in [2.75, 3.05) is 0 Å². The minimum atomic E-state index is -1.18. The molecule has 1 N–H and O–H groups in total. The number of halogens is 4. The Morgan fingerprint density at radius 2 is 1.73 bits per heavy atom. The molecule has 168 valence electrons. The van der Waals surface area contributed by atoms with Crippen LogP contribution in [0.2, 0.25) is 10.0 Å². The Bertz CT molecular complexity index is 1530. The predicted octanol–water partition coefficient (Wildman–Crippen LogP) is 3.78. The molecule has 12 heteroatoms. The quantitative estimate of drug-likeness (QED) is 0.457. The van der Waals surface area contributed by atoms with Crippen molar-refractivity contribution >= 4 is 23.2 Å². The van der Waals surface area contributed by atoms with Gasteiger partial charge in [-0.25, -0.2) is 13.6 Å². The van der Waals surface area contributed by atoms with Gasteiger partial charge in [-0.15, -0.1) is 0 Å². The van der Waals surface area contributed by atoms with Gasteiger partial charge in [0.15, 0.2) is 11.4 Å². The second-order valence-electron chi connectivity index (χ2n) is 6.64. The first-order valence-corrected chi connectivity index (χ1v) is 9.97. The lowest BCUT2D eigenvalue weighted by Gasteiger charge is -2.13. The van der Waals surface area contributed by atoms with E-state index < -0.39 is 35.0 Å². The van der Waals surface area contributed by atoms with E-state index in [9.17, 15) is 23.2 Å². The Morgan fingerprint density at radius 1 is 1.00 bits per heavy atom. The molecule has 0 aliphatic carbocycles. The summed E-state index contributed by atoms with van der Waals surface area (Å²) in [7, 11) is 0. The van der Waals surface area contributed by atoms with E-state index in [0.29, 0.717) is 0 Å². The number of benzene rings is 2. The van der Waals surface area contributed by atoms with E-state index in [1.807, 2.05) is 4.98 Å². The van der Waals surface area contributed by atoms with Gasteiger partial charge in [-0.2, -0.15) is 9.78 Å². The van der Waals surface area contributed by atoms with Crippen molar-refractivity contribution in [1.29, 1.82) is 0 Å². The Morgan fingerprint density at radius 3 is 2.39 bits per heavy atom. The second kappa shape index (κ2) is 9.00. The van der Waals surface area contributed by atoms with Crippen molar-refractivity contribution in [3.05, 3.63) is 107 Å². The molecule has 4 aromatic rings. The van der Waals surface area contributed by atoms with Gasteiger partial charge in [-0.3, -0.25) is 19.1 Å². The third-order valence-electron chi connectivity index (χ3n) is 4.44. The van der Waals surface area contributed by atoms with Gasteiger partial charge in [0.1, 0.15) is 18.2 Å². The van der Waals surface area contributed by atoms with E-state index in [2.05, 4.69) is 5.10 Å². The lowest BCUT2D eigenvalue weighted by molar-refractivity contribution is 0.460. The van der Waals surface area contributed by atoms with Crippen molar-refractivity contribution < 1.29 is 13.5 Å². The van der Waals surface area contributed by atoms with E-state index in [0.717, 1.165) is 4.68 Å². The van der Waals surface area contributed by atoms with Gasteiger partial charge in [0.05, 0.1) is 27.6 Å². The topological polar surface area (TPSA) is 99.0 Å². The SMILES string of the molecule is O=c1[nH]c(=O)n(-c2cc(Cl)c(Oc3ccc(=O)n(-c4cccc(F)c4)c3)c(Cl)c2)nc1CF. The number of aromatic nitrogens is 4. The van der Waals surface area contributed by atoms with Gasteiger partial charge < -0.3 is 4.74 Å². The first kappa shape index (κ1) is 22.4. The Balaban J connectivity index is 1.73. The highest BCUT2D eigenvalue weighted by atomic mass is 35.5. The summed E-state index contributed by atoms with van der Waals surface area (Å²) in [5.41, 5.74) is -2.44. The van der Waals surface area contributed by atoms with Crippen LogP contribution in [0.3, 0.4) is 0 Å². The summed E-state index contributed by atoms with van der Waals surface area (Å²) in [5, 5.41) is 3.60. The van der Waals surface area contributed by atoms with E-state index >= 15 is 0 Å². The largest absolute Gasteiger partial charge is 0.453 e. The summed E-state index contributed by atoms with van der Waals surface area (Å²) in [5.74, 6) is -0.362. The molecule has 33 heavy (non-hydrogen) atoms. The number of alkyl halides is 1. The molecule has 0 amide bonds. The van der Waals surface area contributed by atoms with E-state index in [4.69, 9.17) is 27.9 Å². The molecule has 0 aliphatic heterocycles. The molecule has 0 atom stereocenters. The molecule has 0 radical (unpaired) electrons. The van der Waals surface area contributed by atoms with Gasteiger partial charge in [-0.1, -0.05) is 29.3 Å². The molecule has 0 fully saturated rings.